The van der Waals surface area contributed by atoms with Crippen molar-refractivity contribution in [2.24, 2.45) is 5.92 Å². The molecule has 0 bridgehead atoms. The molecule has 0 fully saturated rings. The largest absolute Gasteiger partial charge is 0.465 e. The molecular formula is C16H17NO3. The average Bonchev–Trinajstić information content (AvgIpc) is 2.43. The number of ketones is 1. The van der Waals surface area contributed by atoms with Crippen LogP contribution in [0.15, 0.2) is 29.8 Å². The van der Waals surface area contributed by atoms with E-state index in [1.807, 2.05) is 19.9 Å². The number of rotatable bonds is 5. The minimum Gasteiger partial charge on any atom is -0.465 e. The van der Waals surface area contributed by atoms with Gasteiger partial charge in [-0.25, -0.2) is 4.79 Å². The van der Waals surface area contributed by atoms with Crippen molar-refractivity contribution >= 4 is 17.8 Å². The number of methoxy groups -OCH3 is 1. The molecule has 20 heavy (non-hydrogen) atoms. The molecule has 1 rings (SSSR count). The summed E-state index contributed by atoms with van der Waals surface area (Å²) in [6, 6.07) is 8.46. The molecule has 0 spiro atoms. The number of ether oxygens (including phenoxy) is 1. The number of carbonyl (C=O) groups excluding carboxylic acids is 2. The summed E-state index contributed by atoms with van der Waals surface area (Å²) in [5.41, 5.74) is 1.26. The Morgan fingerprint density at radius 3 is 2.35 bits per heavy atom. The van der Waals surface area contributed by atoms with Crippen molar-refractivity contribution in [3.8, 4) is 6.07 Å². The number of allylic oxidation sites excluding steroid dienone is 1. The van der Waals surface area contributed by atoms with E-state index in [-0.39, 0.29) is 17.3 Å². The molecule has 0 aliphatic carbocycles. The molecule has 0 N–H and O–H groups in total. The molecule has 1 aromatic rings. The number of hydrogen-bond acceptors (Lipinski definition) is 4. The normalized spacial score (nSPS) is 11.1. The van der Waals surface area contributed by atoms with Crippen LogP contribution in [0, 0.1) is 17.2 Å². The maximum Gasteiger partial charge on any atom is 0.337 e. The van der Waals surface area contributed by atoms with Gasteiger partial charge in [0.2, 0.25) is 0 Å². The Kier molecular flexibility index (Phi) is 5.67. The van der Waals surface area contributed by atoms with E-state index in [9.17, 15) is 9.59 Å². The molecule has 0 saturated carbocycles. The van der Waals surface area contributed by atoms with Crippen LogP contribution in [0.1, 0.15) is 36.2 Å². The number of esters is 1. The highest BCUT2D eigenvalue weighted by Gasteiger charge is 2.11. The number of nitrogens with zero attached hydrogens (tertiary/aromatic N) is 1. The Morgan fingerprint density at radius 2 is 1.90 bits per heavy atom. The lowest BCUT2D eigenvalue weighted by Gasteiger charge is -2.03. The van der Waals surface area contributed by atoms with Gasteiger partial charge in [-0.1, -0.05) is 26.0 Å². The first-order chi connectivity index (χ1) is 9.47. The van der Waals surface area contributed by atoms with Gasteiger partial charge in [0.15, 0.2) is 5.78 Å². The van der Waals surface area contributed by atoms with Gasteiger partial charge in [-0.3, -0.25) is 4.79 Å². The van der Waals surface area contributed by atoms with Crippen molar-refractivity contribution < 1.29 is 14.3 Å². The smallest absolute Gasteiger partial charge is 0.337 e. The SMILES string of the molecule is COC(=O)c1ccc(C=C(C#N)C(=O)CC(C)C)cc1. The van der Waals surface area contributed by atoms with E-state index in [1.54, 1.807) is 24.3 Å². The Hall–Kier alpha value is -2.41. The Bertz CT molecular complexity index is 562. The third-order valence-corrected chi connectivity index (χ3v) is 2.66. The summed E-state index contributed by atoms with van der Waals surface area (Å²) in [6.07, 6.45) is 1.88. The van der Waals surface area contributed by atoms with Gasteiger partial charge < -0.3 is 4.74 Å². The van der Waals surface area contributed by atoms with Gasteiger partial charge >= 0.3 is 5.97 Å². The molecule has 0 saturated heterocycles. The van der Waals surface area contributed by atoms with Crippen LogP contribution in [0.2, 0.25) is 0 Å². The van der Waals surface area contributed by atoms with Gasteiger partial charge in [-0.2, -0.15) is 5.26 Å². The predicted octanol–water partition coefficient (Wildman–Crippen LogP) is 3.00. The summed E-state index contributed by atoms with van der Waals surface area (Å²) in [6.45, 7) is 3.86. The molecule has 4 nitrogen and oxygen atoms in total. The summed E-state index contributed by atoms with van der Waals surface area (Å²) in [4.78, 5) is 23.1. The summed E-state index contributed by atoms with van der Waals surface area (Å²) in [7, 11) is 1.31. The fourth-order valence-electron chi connectivity index (χ4n) is 1.66. The van der Waals surface area contributed by atoms with Gasteiger partial charge in [0.1, 0.15) is 6.07 Å². The summed E-state index contributed by atoms with van der Waals surface area (Å²) in [5.74, 6) is -0.377. The van der Waals surface area contributed by atoms with Crippen LogP contribution in [0.4, 0.5) is 0 Å². The fraction of sp³-hybridized carbons (Fsp3) is 0.312. The van der Waals surface area contributed by atoms with Crippen molar-refractivity contribution in [1.82, 2.24) is 0 Å². The lowest BCUT2D eigenvalue weighted by molar-refractivity contribution is -0.115. The molecule has 0 aliphatic rings. The summed E-state index contributed by atoms with van der Waals surface area (Å²) >= 11 is 0. The number of nitriles is 1. The highest BCUT2D eigenvalue weighted by molar-refractivity contribution is 6.03. The molecule has 104 valence electrons. The first kappa shape index (κ1) is 15.6. The third-order valence-electron chi connectivity index (χ3n) is 2.66. The molecule has 0 radical (unpaired) electrons. The van der Waals surface area contributed by atoms with Gasteiger partial charge in [0.25, 0.3) is 0 Å². The highest BCUT2D eigenvalue weighted by Crippen LogP contribution is 2.13. The molecule has 0 heterocycles. The van der Waals surface area contributed by atoms with Crippen LogP contribution in [-0.4, -0.2) is 18.9 Å². The van der Waals surface area contributed by atoms with Gasteiger partial charge in [-0.15, -0.1) is 0 Å². The van der Waals surface area contributed by atoms with E-state index in [0.717, 1.165) is 0 Å². The molecule has 0 aliphatic heterocycles. The zero-order valence-electron chi connectivity index (χ0n) is 11.8. The van der Waals surface area contributed by atoms with Gasteiger partial charge in [0, 0.05) is 6.42 Å². The number of hydrogen-bond donors (Lipinski definition) is 0. The lowest BCUT2D eigenvalue weighted by Crippen LogP contribution is -2.05. The first-order valence-electron chi connectivity index (χ1n) is 6.31. The average molecular weight is 271 g/mol. The highest BCUT2D eigenvalue weighted by atomic mass is 16.5. The van der Waals surface area contributed by atoms with E-state index >= 15 is 0 Å². The van der Waals surface area contributed by atoms with Crippen molar-refractivity contribution in [2.45, 2.75) is 20.3 Å². The predicted molar refractivity (Wildman–Crippen MR) is 75.8 cm³/mol. The standard InChI is InChI=1S/C16H17NO3/c1-11(2)8-15(18)14(10-17)9-12-4-6-13(7-5-12)16(19)20-3/h4-7,9,11H,8H2,1-3H3. The Balaban J connectivity index is 2.94. The van der Waals surface area contributed by atoms with Crippen LogP contribution in [0.5, 0.6) is 0 Å². The molecular weight excluding hydrogens is 254 g/mol. The maximum absolute atomic E-state index is 11.8. The second-order valence-corrected chi connectivity index (χ2v) is 4.80. The fourth-order valence-corrected chi connectivity index (χ4v) is 1.66. The lowest BCUT2D eigenvalue weighted by atomic mass is 10.00. The minimum atomic E-state index is -0.420. The summed E-state index contributed by atoms with van der Waals surface area (Å²) < 4.78 is 4.60. The van der Waals surface area contributed by atoms with Crippen molar-refractivity contribution in [3.63, 3.8) is 0 Å². The second-order valence-electron chi connectivity index (χ2n) is 4.80. The molecule has 0 amide bonds. The first-order valence-corrected chi connectivity index (χ1v) is 6.31. The minimum absolute atomic E-state index is 0.129. The van der Waals surface area contributed by atoms with Crippen LogP contribution in [-0.2, 0) is 9.53 Å². The molecule has 0 aromatic heterocycles. The Labute approximate surface area is 118 Å². The van der Waals surface area contributed by atoms with Gasteiger partial charge in [0.05, 0.1) is 18.2 Å². The van der Waals surface area contributed by atoms with Crippen LogP contribution in [0.25, 0.3) is 6.08 Å². The molecule has 4 heteroatoms. The van der Waals surface area contributed by atoms with Crippen LogP contribution in [0.3, 0.4) is 0 Å². The third kappa shape index (κ3) is 4.36. The van der Waals surface area contributed by atoms with E-state index in [1.165, 1.54) is 13.2 Å². The zero-order valence-corrected chi connectivity index (χ0v) is 11.8. The van der Waals surface area contributed by atoms with E-state index < -0.39 is 5.97 Å². The Morgan fingerprint density at radius 1 is 1.30 bits per heavy atom. The van der Waals surface area contributed by atoms with Crippen molar-refractivity contribution in [2.75, 3.05) is 7.11 Å². The number of benzene rings is 1. The number of Topliss-reactive ketones (excluding diaryl/α,β-unsaturated/α-hetero) is 1. The van der Waals surface area contributed by atoms with Crippen molar-refractivity contribution in [1.29, 1.82) is 5.26 Å². The van der Waals surface area contributed by atoms with Crippen LogP contribution >= 0.6 is 0 Å². The van der Waals surface area contributed by atoms with E-state index in [2.05, 4.69) is 4.74 Å². The quantitative estimate of drug-likeness (QED) is 0.469. The number of carbonyl (C=O) groups is 2. The van der Waals surface area contributed by atoms with E-state index in [0.29, 0.717) is 17.5 Å². The molecule has 0 atom stereocenters. The summed E-state index contributed by atoms with van der Waals surface area (Å²) in [5, 5.41) is 9.04. The van der Waals surface area contributed by atoms with Gasteiger partial charge in [-0.05, 0) is 29.7 Å². The maximum atomic E-state index is 11.8. The zero-order chi connectivity index (χ0) is 15.1. The van der Waals surface area contributed by atoms with E-state index in [4.69, 9.17) is 5.26 Å². The monoisotopic (exact) mass is 271 g/mol. The van der Waals surface area contributed by atoms with Crippen LogP contribution < -0.4 is 0 Å². The van der Waals surface area contributed by atoms with Crippen molar-refractivity contribution in [3.05, 3.63) is 41.0 Å². The topological polar surface area (TPSA) is 67.2 Å². The molecule has 0 unspecified atom stereocenters. The second kappa shape index (κ2) is 7.25. The molecule has 1 aromatic carbocycles.